The van der Waals surface area contributed by atoms with E-state index in [-0.39, 0.29) is 35.9 Å². The molecule has 3 atom stereocenters. The fourth-order valence-electron chi connectivity index (χ4n) is 4.24. The van der Waals surface area contributed by atoms with Crippen molar-refractivity contribution in [3.63, 3.8) is 0 Å². The maximum atomic E-state index is 14.8. The van der Waals surface area contributed by atoms with Gasteiger partial charge in [-0.15, -0.1) is 0 Å². The van der Waals surface area contributed by atoms with Gasteiger partial charge in [0, 0.05) is 38.4 Å². The SMILES string of the molecule is CC(C)CNC(=O)N1CCCC(C(=O)Nc2ccc(N3CC(C)OC(C)C3)c(F)c2)C1. The molecule has 172 valence electrons. The standard InChI is InChI=1S/C23H35FN4O3/c1-15(2)11-25-23(30)27-9-5-6-18(14-27)22(29)26-19-7-8-21(20(24)10-19)28-12-16(3)31-17(4)13-28/h7-8,10,15-18H,5-6,9,11-14H2,1-4H3,(H,25,30)(H,26,29). The minimum Gasteiger partial charge on any atom is -0.372 e. The Labute approximate surface area is 184 Å². The summed E-state index contributed by atoms with van der Waals surface area (Å²) >= 11 is 0. The molecule has 0 aromatic heterocycles. The molecule has 0 saturated carbocycles. The van der Waals surface area contributed by atoms with Crippen LogP contribution in [0.4, 0.5) is 20.6 Å². The van der Waals surface area contributed by atoms with Gasteiger partial charge in [0.1, 0.15) is 5.82 Å². The maximum Gasteiger partial charge on any atom is 0.317 e. The number of halogens is 1. The molecule has 3 amide bonds. The zero-order valence-electron chi connectivity index (χ0n) is 19.0. The van der Waals surface area contributed by atoms with E-state index in [4.69, 9.17) is 4.74 Å². The third kappa shape index (κ3) is 6.32. The van der Waals surface area contributed by atoms with Gasteiger partial charge in [-0.2, -0.15) is 0 Å². The average Bonchev–Trinajstić information content (AvgIpc) is 2.71. The van der Waals surface area contributed by atoms with Gasteiger partial charge in [-0.3, -0.25) is 4.79 Å². The van der Waals surface area contributed by atoms with Gasteiger partial charge in [-0.25, -0.2) is 9.18 Å². The van der Waals surface area contributed by atoms with Crippen LogP contribution in [-0.2, 0) is 9.53 Å². The molecule has 7 nitrogen and oxygen atoms in total. The summed E-state index contributed by atoms with van der Waals surface area (Å²) in [6.45, 7) is 10.9. The fraction of sp³-hybridized carbons (Fsp3) is 0.652. The van der Waals surface area contributed by atoms with Gasteiger partial charge in [-0.1, -0.05) is 13.8 Å². The molecule has 0 bridgehead atoms. The molecule has 2 heterocycles. The van der Waals surface area contributed by atoms with Crippen molar-refractivity contribution >= 4 is 23.3 Å². The van der Waals surface area contributed by atoms with Crippen LogP contribution in [-0.4, -0.2) is 61.8 Å². The lowest BCUT2D eigenvalue weighted by molar-refractivity contribution is -0.121. The molecule has 8 heteroatoms. The van der Waals surface area contributed by atoms with E-state index in [1.807, 2.05) is 32.6 Å². The van der Waals surface area contributed by atoms with Crippen LogP contribution in [0.15, 0.2) is 18.2 Å². The van der Waals surface area contributed by atoms with Gasteiger partial charge in [0.2, 0.25) is 5.91 Å². The minimum absolute atomic E-state index is 0.0366. The number of hydrogen-bond acceptors (Lipinski definition) is 4. The number of rotatable bonds is 5. The number of carbonyl (C=O) groups is 2. The van der Waals surface area contributed by atoms with E-state index in [0.717, 1.165) is 6.42 Å². The van der Waals surface area contributed by atoms with Crippen molar-refractivity contribution in [3.05, 3.63) is 24.0 Å². The van der Waals surface area contributed by atoms with Gasteiger partial charge in [0.25, 0.3) is 0 Å². The summed E-state index contributed by atoms with van der Waals surface area (Å²) in [7, 11) is 0. The predicted octanol–water partition coefficient (Wildman–Crippen LogP) is 3.46. The Hall–Kier alpha value is -2.35. The highest BCUT2D eigenvalue weighted by Gasteiger charge is 2.29. The molecule has 0 radical (unpaired) electrons. The number of nitrogens with one attached hydrogen (secondary N) is 2. The van der Waals surface area contributed by atoms with Crippen molar-refractivity contribution in [2.75, 3.05) is 42.9 Å². The number of benzene rings is 1. The number of amides is 3. The highest BCUT2D eigenvalue weighted by molar-refractivity contribution is 5.93. The van der Waals surface area contributed by atoms with Gasteiger partial charge >= 0.3 is 6.03 Å². The van der Waals surface area contributed by atoms with Crippen molar-refractivity contribution in [3.8, 4) is 0 Å². The lowest BCUT2D eigenvalue weighted by atomic mass is 9.97. The van der Waals surface area contributed by atoms with Crippen LogP contribution in [0.3, 0.4) is 0 Å². The predicted molar refractivity (Wildman–Crippen MR) is 120 cm³/mol. The third-order valence-electron chi connectivity index (χ3n) is 5.72. The topological polar surface area (TPSA) is 73.9 Å². The molecule has 2 aliphatic heterocycles. The van der Waals surface area contributed by atoms with E-state index < -0.39 is 0 Å². The van der Waals surface area contributed by atoms with Gasteiger partial charge in [0.15, 0.2) is 0 Å². The van der Waals surface area contributed by atoms with Crippen LogP contribution in [0.1, 0.15) is 40.5 Å². The van der Waals surface area contributed by atoms with Crippen molar-refractivity contribution in [1.82, 2.24) is 10.2 Å². The molecule has 0 spiro atoms. The maximum absolute atomic E-state index is 14.8. The summed E-state index contributed by atoms with van der Waals surface area (Å²) < 4.78 is 20.5. The molecular weight excluding hydrogens is 399 g/mol. The van der Waals surface area contributed by atoms with Crippen LogP contribution < -0.4 is 15.5 Å². The molecule has 3 rings (SSSR count). The molecule has 31 heavy (non-hydrogen) atoms. The third-order valence-corrected chi connectivity index (χ3v) is 5.72. The van der Waals surface area contributed by atoms with Crippen LogP contribution in [0.25, 0.3) is 0 Å². The molecule has 2 N–H and O–H groups in total. The minimum atomic E-state index is -0.363. The Morgan fingerprint density at radius 2 is 1.90 bits per heavy atom. The van der Waals surface area contributed by atoms with Gasteiger partial charge < -0.3 is 25.2 Å². The Balaban J connectivity index is 1.58. The van der Waals surface area contributed by atoms with Crippen LogP contribution in [0, 0.1) is 17.7 Å². The quantitative estimate of drug-likeness (QED) is 0.744. The molecule has 3 unspecified atom stereocenters. The largest absolute Gasteiger partial charge is 0.372 e. The van der Waals surface area contributed by atoms with E-state index in [1.54, 1.807) is 17.0 Å². The number of urea groups is 1. The summed E-state index contributed by atoms with van der Waals surface area (Å²) in [4.78, 5) is 28.8. The average molecular weight is 435 g/mol. The van der Waals surface area contributed by atoms with Crippen LogP contribution >= 0.6 is 0 Å². The van der Waals surface area contributed by atoms with Crippen molar-refractivity contribution in [1.29, 1.82) is 0 Å². The smallest absolute Gasteiger partial charge is 0.317 e. The number of likely N-dealkylation sites (tertiary alicyclic amines) is 1. The molecular formula is C23H35FN4O3. The first kappa shape index (κ1) is 23.3. The second-order valence-corrected chi connectivity index (χ2v) is 9.18. The number of anilines is 2. The van der Waals surface area contributed by atoms with E-state index in [0.29, 0.717) is 56.4 Å². The molecule has 2 fully saturated rings. The normalized spacial score (nSPS) is 24.3. The Morgan fingerprint density at radius 3 is 2.55 bits per heavy atom. The van der Waals surface area contributed by atoms with E-state index >= 15 is 0 Å². The Kier molecular flexibility index (Phi) is 7.75. The molecule has 1 aromatic rings. The monoisotopic (exact) mass is 434 g/mol. The summed E-state index contributed by atoms with van der Waals surface area (Å²) in [5, 5.41) is 5.73. The molecule has 2 aliphatic rings. The number of carbonyl (C=O) groups excluding carboxylic acids is 2. The molecule has 1 aromatic carbocycles. The first-order valence-corrected chi connectivity index (χ1v) is 11.3. The zero-order valence-corrected chi connectivity index (χ0v) is 19.0. The fourth-order valence-corrected chi connectivity index (χ4v) is 4.24. The molecule has 0 aliphatic carbocycles. The van der Waals surface area contributed by atoms with E-state index in [1.165, 1.54) is 6.07 Å². The van der Waals surface area contributed by atoms with E-state index in [2.05, 4.69) is 10.6 Å². The highest BCUT2D eigenvalue weighted by Crippen LogP contribution is 2.27. The lowest BCUT2D eigenvalue weighted by Crippen LogP contribution is -2.48. The number of ether oxygens (including phenoxy) is 1. The lowest BCUT2D eigenvalue weighted by Gasteiger charge is -2.37. The van der Waals surface area contributed by atoms with Gasteiger partial charge in [-0.05, 0) is 50.8 Å². The van der Waals surface area contributed by atoms with Gasteiger partial charge in [0.05, 0.1) is 23.8 Å². The number of morpholine rings is 1. The summed E-state index contributed by atoms with van der Waals surface area (Å²) in [6, 6.07) is 4.68. The first-order chi connectivity index (χ1) is 14.7. The number of piperidine rings is 1. The second-order valence-electron chi connectivity index (χ2n) is 9.18. The van der Waals surface area contributed by atoms with Crippen molar-refractivity contribution < 1.29 is 18.7 Å². The Morgan fingerprint density at radius 1 is 1.19 bits per heavy atom. The molecule has 2 saturated heterocycles. The van der Waals surface area contributed by atoms with Crippen LogP contribution in [0.5, 0.6) is 0 Å². The van der Waals surface area contributed by atoms with Crippen molar-refractivity contribution in [2.24, 2.45) is 11.8 Å². The Bertz CT molecular complexity index is 778. The number of nitrogens with zero attached hydrogens (tertiary/aromatic N) is 2. The summed E-state index contributed by atoms with van der Waals surface area (Å²) in [5.74, 6) is -0.476. The van der Waals surface area contributed by atoms with E-state index in [9.17, 15) is 14.0 Å². The van der Waals surface area contributed by atoms with Crippen molar-refractivity contribution in [2.45, 2.75) is 52.7 Å². The van der Waals surface area contributed by atoms with Crippen LogP contribution in [0.2, 0.25) is 0 Å². The first-order valence-electron chi connectivity index (χ1n) is 11.3. The second kappa shape index (κ2) is 10.3. The summed E-state index contributed by atoms with van der Waals surface area (Å²) in [5.41, 5.74) is 0.952. The number of hydrogen-bond donors (Lipinski definition) is 2. The summed E-state index contributed by atoms with van der Waals surface area (Å²) in [6.07, 6.45) is 1.56. The zero-order chi connectivity index (χ0) is 22.5. The highest BCUT2D eigenvalue weighted by atomic mass is 19.1.